The van der Waals surface area contributed by atoms with Crippen LogP contribution < -0.4 is 5.73 Å². The van der Waals surface area contributed by atoms with Crippen LogP contribution in [0.25, 0.3) is 0 Å². The third-order valence-corrected chi connectivity index (χ3v) is 3.31. The molecule has 0 saturated carbocycles. The van der Waals surface area contributed by atoms with Crippen LogP contribution in [-0.2, 0) is 0 Å². The topological polar surface area (TPSA) is 26.0 Å². The standard InChI is InChI=1S/C15H19N/c1-11-3-5-13(6-4-11)12(2)14-7-9-15(16)10-8-14/h3-13H,16H2,1-2H3. The largest absolute Gasteiger partial charge is 0.399 e. The number of hydrogen-bond acceptors (Lipinski definition) is 1. The van der Waals surface area contributed by atoms with Crippen molar-refractivity contribution in [3.63, 3.8) is 0 Å². The summed E-state index contributed by atoms with van der Waals surface area (Å²) in [5, 5.41) is 0. The van der Waals surface area contributed by atoms with E-state index in [9.17, 15) is 0 Å². The van der Waals surface area contributed by atoms with Crippen molar-refractivity contribution < 1.29 is 0 Å². The van der Waals surface area contributed by atoms with E-state index in [1.165, 1.54) is 5.56 Å². The number of anilines is 1. The van der Waals surface area contributed by atoms with Crippen LogP contribution in [0.4, 0.5) is 5.69 Å². The normalized spacial score (nSPS) is 25.6. The first kappa shape index (κ1) is 11.0. The molecule has 0 radical (unpaired) electrons. The van der Waals surface area contributed by atoms with Gasteiger partial charge in [0.2, 0.25) is 0 Å². The van der Waals surface area contributed by atoms with E-state index in [-0.39, 0.29) is 0 Å². The zero-order chi connectivity index (χ0) is 11.5. The van der Waals surface area contributed by atoms with Gasteiger partial charge in [-0.25, -0.2) is 0 Å². The number of nitrogens with two attached hydrogens (primary N) is 1. The molecule has 0 fully saturated rings. The van der Waals surface area contributed by atoms with Crippen LogP contribution in [0.3, 0.4) is 0 Å². The molecular formula is C15H19N. The highest BCUT2D eigenvalue weighted by atomic mass is 14.5. The zero-order valence-corrected chi connectivity index (χ0v) is 9.93. The lowest BCUT2D eigenvalue weighted by Crippen LogP contribution is -2.08. The van der Waals surface area contributed by atoms with Crippen molar-refractivity contribution >= 4 is 5.69 Å². The highest BCUT2D eigenvalue weighted by molar-refractivity contribution is 5.40. The molecule has 2 N–H and O–H groups in total. The molecule has 84 valence electrons. The summed E-state index contributed by atoms with van der Waals surface area (Å²) in [5.41, 5.74) is 7.88. The minimum atomic E-state index is 0.514. The Labute approximate surface area is 97.7 Å². The molecule has 0 spiro atoms. The molecule has 0 aliphatic heterocycles. The number of hydrogen-bond donors (Lipinski definition) is 1. The second-order valence-corrected chi connectivity index (χ2v) is 4.66. The Hall–Kier alpha value is -1.50. The number of benzene rings is 1. The predicted molar refractivity (Wildman–Crippen MR) is 70.2 cm³/mol. The van der Waals surface area contributed by atoms with Crippen LogP contribution in [0, 0.1) is 11.8 Å². The minimum Gasteiger partial charge on any atom is -0.399 e. The predicted octanol–water partition coefficient (Wildman–Crippen LogP) is 3.75. The van der Waals surface area contributed by atoms with Gasteiger partial charge in [0.1, 0.15) is 0 Å². The van der Waals surface area contributed by atoms with Gasteiger partial charge in [-0.3, -0.25) is 0 Å². The molecule has 1 unspecified atom stereocenters. The highest BCUT2D eigenvalue weighted by Gasteiger charge is 2.15. The van der Waals surface area contributed by atoms with E-state index in [2.05, 4.69) is 50.3 Å². The summed E-state index contributed by atoms with van der Waals surface area (Å²) in [4.78, 5) is 0. The molecule has 0 bridgehead atoms. The van der Waals surface area contributed by atoms with E-state index < -0.39 is 0 Å². The van der Waals surface area contributed by atoms with Crippen molar-refractivity contribution in [2.45, 2.75) is 19.8 Å². The summed E-state index contributed by atoms with van der Waals surface area (Å²) in [6.45, 7) is 4.47. The summed E-state index contributed by atoms with van der Waals surface area (Å²) in [5.74, 6) is 1.61. The smallest absolute Gasteiger partial charge is 0.0314 e. The Kier molecular flexibility index (Phi) is 3.14. The lowest BCUT2D eigenvalue weighted by atomic mass is 9.83. The first-order chi connectivity index (χ1) is 7.66. The lowest BCUT2D eigenvalue weighted by molar-refractivity contribution is 0.629. The Balaban J connectivity index is 2.13. The molecule has 0 aromatic heterocycles. The van der Waals surface area contributed by atoms with Gasteiger partial charge in [0.05, 0.1) is 0 Å². The van der Waals surface area contributed by atoms with E-state index in [1.54, 1.807) is 0 Å². The molecule has 1 aliphatic carbocycles. The fourth-order valence-corrected chi connectivity index (χ4v) is 2.09. The summed E-state index contributed by atoms with van der Waals surface area (Å²) < 4.78 is 0. The van der Waals surface area contributed by atoms with Gasteiger partial charge >= 0.3 is 0 Å². The third-order valence-electron chi connectivity index (χ3n) is 3.31. The average Bonchev–Trinajstić information content (AvgIpc) is 2.30. The van der Waals surface area contributed by atoms with E-state index in [0.29, 0.717) is 17.8 Å². The van der Waals surface area contributed by atoms with Gasteiger partial charge in [-0.2, -0.15) is 0 Å². The molecule has 0 heterocycles. The Bertz CT molecular complexity index is 386. The van der Waals surface area contributed by atoms with Crippen LogP contribution in [0.1, 0.15) is 25.3 Å². The maximum atomic E-state index is 5.70. The summed E-state index contributed by atoms with van der Waals surface area (Å²) in [6.07, 6.45) is 9.17. The molecule has 2 rings (SSSR count). The van der Waals surface area contributed by atoms with Gasteiger partial charge in [-0.05, 0) is 29.5 Å². The SMILES string of the molecule is CC1C=CC(C(C)c2ccc(N)cc2)C=C1. The van der Waals surface area contributed by atoms with Gasteiger partial charge in [-0.15, -0.1) is 0 Å². The number of allylic oxidation sites excluding steroid dienone is 4. The van der Waals surface area contributed by atoms with Gasteiger partial charge in [0.25, 0.3) is 0 Å². The first-order valence-electron chi connectivity index (χ1n) is 5.89. The summed E-state index contributed by atoms with van der Waals surface area (Å²) >= 11 is 0. The van der Waals surface area contributed by atoms with Gasteiger partial charge in [0, 0.05) is 11.6 Å². The Morgan fingerprint density at radius 1 is 1.00 bits per heavy atom. The van der Waals surface area contributed by atoms with Gasteiger partial charge in [-0.1, -0.05) is 50.3 Å². The van der Waals surface area contributed by atoms with Crippen LogP contribution in [0.15, 0.2) is 48.6 Å². The van der Waals surface area contributed by atoms with E-state index in [0.717, 1.165) is 5.69 Å². The monoisotopic (exact) mass is 213 g/mol. The molecule has 0 amide bonds. The molecule has 1 aromatic carbocycles. The van der Waals surface area contributed by atoms with E-state index in [4.69, 9.17) is 5.73 Å². The second kappa shape index (κ2) is 4.56. The number of rotatable bonds is 2. The van der Waals surface area contributed by atoms with Crippen molar-refractivity contribution in [3.8, 4) is 0 Å². The van der Waals surface area contributed by atoms with E-state index >= 15 is 0 Å². The Morgan fingerprint density at radius 3 is 2.12 bits per heavy atom. The minimum absolute atomic E-state index is 0.514. The van der Waals surface area contributed by atoms with Crippen molar-refractivity contribution in [3.05, 3.63) is 54.1 Å². The second-order valence-electron chi connectivity index (χ2n) is 4.66. The van der Waals surface area contributed by atoms with Crippen molar-refractivity contribution in [2.24, 2.45) is 11.8 Å². The fraction of sp³-hybridized carbons (Fsp3) is 0.333. The summed E-state index contributed by atoms with van der Waals surface area (Å²) in [7, 11) is 0. The zero-order valence-electron chi connectivity index (χ0n) is 9.93. The maximum absolute atomic E-state index is 5.70. The molecule has 1 atom stereocenters. The molecule has 1 aliphatic rings. The quantitative estimate of drug-likeness (QED) is 0.587. The van der Waals surface area contributed by atoms with Crippen LogP contribution in [-0.4, -0.2) is 0 Å². The first-order valence-corrected chi connectivity index (χ1v) is 5.89. The highest BCUT2D eigenvalue weighted by Crippen LogP contribution is 2.29. The van der Waals surface area contributed by atoms with Gasteiger partial charge in [0.15, 0.2) is 0 Å². The fourth-order valence-electron chi connectivity index (χ4n) is 2.09. The van der Waals surface area contributed by atoms with E-state index in [1.807, 2.05) is 12.1 Å². The summed E-state index contributed by atoms with van der Waals surface area (Å²) in [6, 6.07) is 8.20. The number of nitrogen functional groups attached to an aromatic ring is 1. The molecular weight excluding hydrogens is 194 g/mol. The van der Waals surface area contributed by atoms with Crippen molar-refractivity contribution in [1.29, 1.82) is 0 Å². The van der Waals surface area contributed by atoms with Crippen LogP contribution in [0.5, 0.6) is 0 Å². The lowest BCUT2D eigenvalue weighted by Gasteiger charge is -2.21. The third kappa shape index (κ3) is 2.35. The molecule has 16 heavy (non-hydrogen) atoms. The average molecular weight is 213 g/mol. The van der Waals surface area contributed by atoms with Crippen molar-refractivity contribution in [2.75, 3.05) is 5.73 Å². The molecule has 0 saturated heterocycles. The van der Waals surface area contributed by atoms with Crippen LogP contribution >= 0.6 is 0 Å². The molecule has 1 heteroatoms. The Morgan fingerprint density at radius 2 is 1.56 bits per heavy atom. The van der Waals surface area contributed by atoms with Crippen LogP contribution in [0.2, 0.25) is 0 Å². The molecule has 1 aromatic rings. The van der Waals surface area contributed by atoms with Gasteiger partial charge < -0.3 is 5.73 Å². The molecule has 1 nitrogen and oxygen atoms in total. The van der Waals surface area contributed by atoms with Crippen molar-refractivity contribution in [1.82, 2.24) is 0 Å². The maximum Gasteiger partial charge on any atom is 0.0314 e.